The van der Waals surface area contributed by atoms with Crippen LogP contribution < -0.4 is 5.32 Å². The van der Waals surface area contributed by atoms with Crippen molar-refractivity contribution in [2.24, 2.45) is 5.92 Å². The lowest BCUT2D eigenvalue weighted by Crippen LogP contribution is -2.25. The first-order chi connectivity index (χ1) is 13.0. The fourth-order valence-corrected chi connectivity index (χ4v) is 2.60. The number of hydrogen-bond acceptors (Lipinski definition) is 5. The second-order valence-corrected chi connectivity index (χ2v) is 6.60. The van der Waals surface area contributed by atoms with Gasteiger partial charge in [0, 0.05) is 24.8 Å². The minimum absolute atomic E-state index is 0.102. The third-order valence-corrected chi connectivity index (χ3v) is 4.05. The molecule has 2 N–H and O–H groups in total. The van der Waals surface area contributed by atoms with Crippen molar-refractivity contribution < 1.29 is 19.4 Å². The summed E-state index contributed by atoms with van der Waals surface area (Å²) >= 11 is 4.98. The van der Waals surface area contributed by atoms with Crippen molar-refractivity contribution in [2.45, 2.75) is 31.7 Å². The summed E-state index contributed by atoms with van der Waals surface area (Å²) in [5.74, 6) is 0.0472. The third-order valence-electron chi connectivity index (χ3n) is 3.86. The highest BCUT2D eigenvalue weighted by Gasteiger charge is 2.30. The summed E-state index contributed by atoms with van der Waals surface area (Å²) in [5, 5.41) is 13.0. The molecule has 2 aliphatic heterocycles. The molecule has 144 valence electrons. The Kier molecular flexibility index (Phi) is 8.74. The fraction of sp³-hybridized carbons (Fsp3) is 0.333. The van der Waals surface area contributed by atoms with Crippen LogP contribution in [0.3, 0.4) is 0 Å². The Labute approximate surface area is 165 Å². The topological polar surface area (TPSA) is 67.8 Å². The average Bonchev–Trinajstić information content (AvgIpc) is 3.00. The van der Waals surface area contributed by atoms with Gasteiger partial charge >= 0.3 is 5.24 Å². The van der Waals surface area contributed by atoms with E-state index in [1.54, 1.807) is 30.4 Å². The van der Waals surface area contributed by atoms with Gasteiger partial charge < -0.3 is 19.9 Å². The number of allylic oxidation sites excluding steroid dienone is 6. The van der Waals surface area contributed by atoms with E-state index in [2.05, 4.69) is 5.32 Å². The minimum atomic E-state index is -0.635. The zero-order valence-corrected chi connectivity index (χ0v) is 16.0. The maximum atomic E-state index is 11.7. The van der Waals surface area contributed by atoms with Gasteiger partial charge in [0.2, 0.25) is 5.91 Å². The van der Waals surface area contributed by atoms with Crippen LogP contribution in [0.1, 0.15) is 13.3 Å². The predicted octanol–water partition coefficient (Wildman–Crippen LogP) is 2.91. The van der Waals surface area contributed by atoms with E-state index in [0.29, 0.717) is 13.0 Å². The van der Waals surface area contributed by atoms with Crippen LogP contribution in [0, 0.1) is 5.92 Å². The molecule has 0 aliphatic carbocycles. The Bertz CT molecular complexity index is 690. The van der Waals surface area contributed by atoms with Crippen molar-refractivity contribution >= 4 is 23.4 Å². The van der Waals surface area contributed by atoms with Crippen molar-refractivity contribution in [3.8, 4) is 0 Å². The van der Waals surface area contributed by atoms with Crippen LogP contribution in [-0.2, 0) is 14.3 Å². The van der Waals surface area contributed by atoms with Crippen molar-refractivity contribution in [3.63, 3.8) is 0 Å². The summed E-state index contributed by atoms with van der Waals surface area (Å²) in [6.45, 7) is 2.57. The SMILES string of the molecule is C[C@@H]1/C=C/C=C/C2OC(=S)OC2/C=C/[C@@H](O)C/C=C/C=C/C=C/C(=O)NC1. The second-order valence-electron chi connectivity index (χ2n) is 6.27. The van der Waals surface area contributed by atoms with Gasteiger partial charge in [-0.2, -0.15) is 0 Å². The van der Waals surface area contributed by atoms with E-state index in [9.17, 15) is 9.90 Å². The molecule has 6 heteroatoms. The normalized spacial score (nSPS) is 36.8. The molecule has 27 heavy (non-hydrogen) atoms. The van der Waals surface area contributed by atoms with Gasteiger partial charge in [0.05, 0.1) is 6.10 Å². The molecule has 0 saturated carbocycles. The van der Waals surface area contributed by atoms with Gasteiger partial charge in [-0.05, 0) is 24.5 Å². The molecule has 0 radical (unpaired) electrons. The van der Waals surface area contributed by atoms with E-state index in [1.807, 2.05) is 43.4 Å². The number of carbonyl (C=O) groups is 1. The summed E-state index contributed by atoms with van der Waals surface area (Å²) in [6, 6.07) is 0. The van der Waals surface area contributed by atoms with E-state index >= 15 is 0 Å². The van der Waals surface area contributed by atoms with Crippen molar-refractivity contribution in [1.82, 2.24) is 5.32 Å². The van der Waals surface area contributed by atoms with Gasteiger partial charge in [0.1, 0.15) is 0 Å². The predicted molar refractivity (Wildman–Crippen MR) is 110 cm³/mol. The van der Waals surface area contributed by atoms with Gasteiger partial charge in [-0.15, -0.1) is 0 Å². The lowest BCUT2D eigenvalue weighted by Gasteiger charge is -2.09. The molecule has 2 rings (SSSR count). The largest absolute Gasteiger partial charge is 0.445 e. The van der Waals surface area contributed by atoms with Gasteiger partial charge in [-0.3, -0.25) is 4.79 Å². The zero-order chi connectivity index (χ0) is 19.5. The van der Waals surface area contributed by atoms with E-state index in [1.165, 1.54) is 6.08 Å². The Balaban J connectivity index is 2.09. The van der Waals surface area contributed by atoms with Crippen LogP contribution in [0.25, 0.3) is 0 Å². The Morgan fingerprint density at radius 2 is 1.70 bits per heavy atom. The number of aliphatic hydroxyl groups is 1. The highest BCUT2D eigenvalue weighted by atomic mass is 32.1. The zero-order valence-electron chi connectivity index (χ0n) is 15.2. The number of ether oxygens (including phenoxy) is 2. The van der Waals surface area contributed by atoms with Crippen LogP contribution in [0.15, 0.2) is 72.9 Å². The molecule has 0 aromatic rings. The summed E-state index contributed by atoms with van der Waals surface area (Å²) in [6.07, 6.45) is 20.6. The maximum absolute atomic E-state index is 11.7. The minimum Gasteiger partial charge on any atom is -0.445 e. The monoisotopic (exact) mass is 387 g/mol. The quantitative estimate of drug-likeness (QED) is 0.494. The molecule has 0 aromatic carbocycles. The van der Waals surface area contributed by atoms with Crippen LogP contribution >= 0.6 is 12.2 Å². The van der Waals surface area contributed by atoms with Gasteiger partial charge in [0.25, 0.3) is 0 Å². The van der Waals surface area contributed by atoms with E-state index in [0.717, 1.165) is 0 Å². The number of thiocarbonyl (C=S) groups is 1. The first kappa shape index (κ1) is 20.9. The molecule has 1 fully saturated rings. The molecule has 2 aliphatic rings. The second kappa shape index (κ2) is 11.3. The number of carbonyl (C=O) groups excluding carboxylic acids is 1. The Morgan fingerprint density at radius 3 is 2.52 bits per heavy atom. The first-order valence-electron chi connectivity index (χ1n) is 8.91. The number of fused-ring (bicyclic) bond motifs is 1. The fourth-order valence-electron chi connectivity index (χ4n) is 2.38. The summed E-state index contributed by atoms with van der Waals surface area (Å²) in [7, 11) is 0. The lowest BCUT2D eigenvalue weighted by atomic mass is 10.1. The molecule has 0 spiro atoms. The van der Waals surface area contributed by atoms with Crippen molar-refractivity contribution in [1.29, 1.82) is 0 Å². The summed E-state index contributed by atoms with van der Waals surface area (Å²) < 4.78 is 11.0. The molecular weight excluding hydrogens is 362 g/mol. The molecule has 1 amide bonds. The first-order valence-corrected chi connectivity index (χ1v) is 9.32. The van der Waals surface area contributed by atoms with Gasteiger partial charge in [-0.25, -0.2) is 0 Å². The molecular formula is C21H25NO4S. The Morgan fingerprint density at radius 1 is 1.00 bits per heavy atom. The number of nitrogens with one attached hydrogen (secondary N) is 1. The van der Waals surface area contributed by atoms with E-state index in [4.69, 9.17) is 21.7 Å². The maximum Gasteiger partial charge on any atom is 0.353 e. The molecule has 1 saturated heterocycles. The number of aliphatic hydroxyl groups excluding tert-OH is 1. The summed E-state index contributed by atoms with van der Waals surface area (Å²) in [4.78, 5) is 11.7. The number of hydrogen-bond donors (Lipinski definition) is 2. The third kappa shape index (κ3) is 8.19. The smallest absolute Gasteiger partial charge is 0.353 e. The average molecular weight is 388 g/mol. The number of amides is 1. The lowest BCUT2D eigenvalue weighted by molar-refractivity contribution is -0.116. The van der Waals surface area contributed by atoms with E-state index in [-0.39, 0.29) is 29.3 Å². The van der Waals surface area contributed by atoms with Crippen LogP contribution in [0.2, 0.25) is 0 Å². The van der Waals surface area contributed by atoms with E-state index < -0.39 is 6.10 Å². The van der Waals surface area contributed by atoms with Crippen LogP contribution in [-0.4, -0.2) is 41.1 Å². The van der Waals surface area contributed by atoms with Crippen LogP contribution in [0.5, 0.6) is 0 Å². The number of rotatable bonds is 0. The van der Waals surface area contributed by atoms with Gasteiger partial charge in [-0.1, -0.05) is 61.6 Å². The molecule has 4 atom stereocenters. The molecule has 0 aromatic heterocycles. The van der Waals surface area contributed by atoms with Crippen LogP contribution in [0.4, 0.5) is 0 Å². The molecule has 5 nitrogen and oxygen atoms in total. The highest BCUT2D eigenvalue weighted by Crippen LogP contribution is 2.18. The molecule has 2 unspecified atom stereocenters. The molecule has 2 heterocycles. The summed E-state index contributed by atoms with van der Waals surface area (Å²) in [5.41, 5.74) is 0. The van der Waals surface area contributed by atoms with Crippen molar-refractivity contribution in [2.75, 3.05) is 6.54 Å². The van der Waals surface area contributed by atoms with Crippen molar-refractivity contribution in [3.05, 3.63) is 72.9 Å². The van der Waals surface area contributed by atoms with Gasteiger partial charge in [0.15, 0.2) is 12.2 Å². The Hall–Kier alpha value is -2.44. The molecule has 0 bridgehead atoms. The highest BCUT2D eigenvalue weighted by molar-refractivity contribution is 7.79. The standard InChI is InChI=1S/C21H25NO4S/c1-16-9-7-8-11-18-19(26-21(27)25-18)14-13-17(23)10-5-3-2-4-6-12-20(24)22-15-16/h2-9,11-14,16-19,23H,10,15H2,1H3,(H,22,24)/b4-2+,5-3+,9-7+,11-8+,12-6+,14-13+/t16-,17+,18?,19?/m1/s1.